The molecule has 0 aromatic carbocycles. The largest absolute Gasteiger partial charge is 0.355 e. The van der Waals surface area contributed by atoms with Crippen LogP contribution in [0.3, 0.4) is 0 Å². The Morgan fingerprint density at radius 3 is 3.00 bits per heavy atom. The van der Waals surface area contributed by atoms with Crippen LogP contribution in [0.15, 0.2) is 0 Å². The summed E-state index contributed by atoms with van der Waals surface area (Å²) in [4.78, 5) is 11.1. The van der Waals surface area contributed by atoms with Gasteiger partial charge in [0.1, 0.15) is 0 Å². The van der Waals surface area contributed by atoms with Crippen molar-refractivity contribution in [2.75, 3.05) is 12.3 Å². The lowest BCUT2D eigenvalue weighted by molar-refractivity contribution is -0.122. The van der Waals surface area contributed by atoms with Gasteiger partial charge in [0.15, 0.2) is 0 Å². The lowest BCUT2D eigenvalue weighted by atomic mass is 10.3. The summed E-state index contributed by atoms with van der Waals surface area (Å²) in [7, 11) is -2.24. The summed E-state index contributed by atoms with van der Waals surface area (Å²) < 4.78 is 14.2. The van der Waals surface area contributed by atoms with Crippen molar-refractivity contribution in [3.05, 3.63) is 0 Å². The SMILES string of the molecule is C=S1(=O)CCCNC(=O)[C@H](C)N1. The maximum atomic E-state index is 11.5. The minimum absolute atomic E-state index is 0.105. The highest BCUT2D eigenvalue weighted by Gasteiger charge is 2.18. The molecule has 0 aliphatic carbocycles. The predicted octanol–water partition coefficient (Wildman–Crippen LogP) is -0.884. The van der Waals surface area contributed by atoms with Gasteiger partial charge in [-0.2, -0.15) is 0 Å². The highest BCUT2D eigenvalue weighted by Crippen LogP contribution is 1.96. The van der Waals surface area contributed by atoms with Gasteiger partial charge in [-0.15, -0.1) is 0 Å². The van der Waals surface area contributed by atoms with E-state index in [2.05, 4.69) is 15.9 Å². The molecule has 4 nitrogen and oxygen atoms in total. The van der Waals surface area contributed by atoms with E-state index in [1.165, 1.54) is 0 Å². The zero-order valence-corrected chi connectivity index (χ0v) is 7.95. The van der Waals surface area contributed by atoms with Crippen molar-refractivity contribution in [3.8, 4) is 0 Å². The van der Waals surface area contributed by atoms with Crippen molar-refractivity contribution in [2.45, 2.75) is 19.4 Å². The molecule has 2 N–H and O–H groups in total. The van der Waals surface area contributed by atoms with E-state index in [0.29, 0.717) is 18.7 Å². The Hall–Kier alpha value is -0.550. The zero-order valence-electron chi connectivity index (χ0n) is 7.13. The van der Waals surface area contributed by atoms with E-state index in [9.17, 15) is 9.00 Å². The smallest absolute Gasteiger partial charge is 0.237 e. The fourth-order valence-electron chi connectivity index (χ4n) is 1.10. The topological polar surface area (TPSA) is 58.2 Å². The summed E-state index contributed by atoms with van der Waals surface area (Å²) in [5, 5.41) is 2.72. The molecule has 1 rings (SSSR count). The Labute approximate surface area is 72.9 Å². The summed E-state index contributed by atoms with van der Waals surface area (Å²) in [6, 6.07) is -0.407. The Bertz CT molecular complexity index is 271. The lowest BCUT2D eigenvalue weighted by Gasteiger charge is -2.20. The lowest BCUT2D eigenvalue weighted by Crippen LogP contribution is -2.48. The molecule has 2 atom stereocenters. The quantitative estimate of drug-likeness (QED) is 0.487. The van der Waals surface area contributed by atoms with Gasteiger partial charge < -0.3 is 5.32 Å². The van der Waals surface area contributed by atoms with E-state index >= 15 is 0 Å². The first-order valence-electron chi connectivity index (χ1n) is 3.91. The van der Waals surface area contributed by atoms with E-state index in [0.717, 1.165) is 0 Å². The normalized spacial score (nSPS) is 38.1. The molecule has 1 aliphatic heterocycles. The Morgan fingerprint density at radius 1 is 1.67 bits per heavy atom. The van der Waals surface area contributed by atoms with Gasteiger partial charge in [-0.1, -0.05) is 0 Å². The zero-order chi connectivity index (χ0) is 9.19. The first-order valence-corrected chi connectivity index (χ1v) is 5.81. The van der Waals surface area contributed by atoms with Crippen LogP contribution in [-0.4, -0.2) is 34.3 Å². The molecule has 70 valence electrons. The molecule has 1 heterocycles. The first-order chi connectivity index (χ1) is 5.51. The minimum Gasteiger partial charge on any atom is -0.355 e. The number of hydrogen-bond acceptors (Lipinski definition) is 2. The maximum Gasteiger partial charge on any atom is 0.237 e. The van der Waals surface area contributed by atoms with Crippen LogP contribution >= 0.6 is 0 Å². The van der Waals surface area contributed by atoms with Gasteiger partial charge in [-0.3, -0.25) is 9.00 Å². The molecule has 1 amide bonds. The molecule has 1 saturated heterocycles. The van der Waals surface area contributed by atoms with Crippen LogP contribution in [0.4, 0.5) is 0 Å². The van der Waals surface area contributed by atoms with Gasteiger partial charge >= 0.3 is 0 Å². The number of carbonyl (C=O) groups excluding carboxylic acids is 1. The second-order valence-electron chi connectivity index (χ2n) is 3.00. The highest BCUT2D eigenvalue weighted by molar-refractivity contribution is 7.98. The predicted molar refractivity (Wildman–Crippen MR) is 50.4 cm³/mol. The van der Waals surface area contributed by atoms with E-state index < -0.39 is 15.7 Å². The summed E-state index contributed by atoms with van der Waals surface area (Å²) >= 11 is 0. The van der Waals surface area contributed by atoms with Crippen LogP contribution in [0, 0.1) is 0 Å². The van der Waals surface area contributed by atoms with Gasteiger partial charge in [-0.05, 0) is 19.2 Å². The van der Waals surface area contributed by atoms with Crippen molar-refractivity contribution >= 4 is 21.5 Å². The van der Waals surface area contributed by atoms with Gasteiger partial charge in [0.05, 0.1) is 6.04 Å². The van der Waals surface area contributed by atoms with Crippen molar-refractivity contribution in [2.24, 2.45) is 0 Å². The van der Waals surface area contributed by atoms with Crippen molar-refractivity contribution in [1.82, 2.24) is 10.0 Å². The third kappa shape index (κ3) is 2.49. The van der Waals surface area contributed by atoms with Crippen LogP contribution in [-0.2, 0) is 14.5 Å². The third-order valence-corrected chi connectivity index (χ3v) is 3.47. The fourth-order valence-corrected chi connectivity index (χ4v) is 2.58. The maximum absolute atomic E-state index is 11.5. The van der Waals surface area contributed by atoms with Gasteiger partial charge in [-0.25, -0.2) is 4.72 Å². The molecule has 5 heteroatoms. The number of hydrogen-bond donors (Lipinski definition) is 2. The molecule has 0 aromatic rings. The molecule has 0 aromatic heterocycles. The van der Waals surface area contributed by atoms with Gasteiger partial charge in [0.2, 0.25) is 5.91 Å². The van der Waals surface area contributed by atoms with Crippen LogP contribution < -0.4 is 10.0 Å². The van der Waals surface area contributed by atoms with E-state index in [4.69, 9.17) is 0 Å². The summed E-state index contributed by atoms with van der Waals surface area (Å²) in [5.74, 6) is 3.97. The van der Waals surface area contributed by atoms with Crippen molar-refractivity contribution in [1.29, 1.82) is 0 Å². The summed E-state index contributed by atoms with van der Waals surface area (Å²) in [5.41, 5.74) is 0. The molecule has 1 aliphatic rings. The Balaban J connectivity index is 2.72. The monoisotopic (exact) mass is 190 g/mol. The Kier molecular flexibility index (Phi) is 2.74. The molecule has 0 radical (unpaired) electrons. The van der Waals surface area contributed by atoms with E-state index in [1.807, 2.05) is 0 Å². The average molecular weight is 190 g/mol. The van der Waals surface area contributed by atoms with E-state index in [1.54, 1.807) is 6.92 Å². The number of rotatable bonds is 0. The second-order valence-corrected chi connectivity index (χ2v) is 5.27. The fraction of sp³-hybridized carbons (Fsp3) is 0.714. The van der Waals surface area contributed by atoms with Crippen molar-refractivity contribution in [3.63, 3.8) is 0 Å². The van der Waals surface area contributed by atoms with Crippen LogP contribution in [0.25, 0.3) is 0 Å². The van der Waals surface area contributed by atoms with Gasteiger partial charge in [0.25, 0.3) is 0 Å². The molecular formula is C7H14N2O2S. The number of amides is 1. The van der Waals surface area contributed by atoms with Gasteiger partial charge in [0, 0.05) is 22.0 Å². The molecular weight excluding hydrogens is 176 g/mol. The molecule has 1 unspecified atom stereocenters. The number of nitrogens with one attached hydrogen (secondary N) is 2. The molecule has 0 saturated carbocycles. The molecule has 1 fully saturated rings. The van der Waals surface area contributed by atoms with Crippen LogP contribution in [0.2, 0.25) is 0 Å². The third-order valence-electron chi connectivity index (χ3n) is 1.73. The molecule has 12 heavy (non-hydrogen) atoms. The van der Waals surface area contributed by atoms with Crippen molar-refractivity contribution < 1.29 is 9.00 Å². The van der Waals surface area contributed by atoms with Crippen LogP contribution in [0.5, 0.6) is 0 Å². The van der Waals surface area contributed by atoms with Crippen LogP contribution in [0.1, 0.15) is 13.3 Å². The van der Waals surface area contributed by atoms with E-state index in [-0.39, 0.29) is 5.91 Å². The highest BCUT2D eigenvalue weighted by atomic mass is 32.2. The average Bonchev–Trinajstić information content (AvgIpc) is 1.95. The first kappa shape index (κ1) is 9.54. The standard InChI is InChI=1S/C7H14N2O2S/c1-6-7(10)8-4-3-5-12(2,11)9-6/h6H,2-5H2,1H3,(H,8,10)(H,9,11)/t6-,12?/m0/s1. The summed E-state index contributed by atoms with van der Waals surface area (Å²) in [6.07, 6.45) is 0.716. The molecule has 0 bridgehead atoms. The molecule has 0 spiro atoms. The second kappa shape index (κ2) is 3.45. The Morgan fingerprint density at radius 2 is 2.33 bits per heavy atom. The minimum atomic E-state index is -2.24. The summed E-state index contributed by atoms with van der Waals surface area (Å²) in [6.45, 7) is 2.28. The number of carbonyl (C=O) groups is 1.